The molecule has 0 aliphatic heterocycles. The molecule has 4 nitrogen and oxygen atoms in total. The molecule has 1 aromatic heterocycles. The number of halogens is 1. The summed E-state index contributed by atoms with van der Waals surface area (Å²) in [6.45, 7) is 0. The summed E-state index contributed by atoms with van der Waals surface area (Å²) in [5.41, 5.74) is 2.96. The normalized spacial score (nSPS) is 10.8. The van der Waals surface area contributed by atoms with Crippen LogP contribution in [0, 0.1) is 0 Å². The molecule has 0 atom stereocenters. The van der Waals surface area contributed by atoms with E-state index in [9.17, 15) is 4.79 Å². The number of hydrogen-bond acceptors (Lipinski definition) is 2. The molecule has 5 heteroatoms. The van der Waals surface area contributed by atoms with Gasteiger partial charge in [-0.2, -0.15) is 0 Å². The average Bonchev–Trinajstić information content (AvgIpc) is 2.83. The number of anilines is 1. The number of aromatic nitrogens is 2. The highest BCUT2D eigenvalue weighted by Crippen LogP contribution is 2.18. The number of imidazole rings is 1. The standard InChI is InChI=1S/C17H16ClN3O/c1-21-15-5-3-2-4-14(15)19-17(21)20-16(22)11-8-12-6-9-13(18)10-7-12/h2-7,9-10H,8,11H2,1H3,(H,19,20,22). The summed E-state index contributed by atoms with van der Waals surface area (Å²) in [5.74, 6) is 0.524. The number of carbonyl (C=O) groups excluding carboxylic acids is 1. The lowest BCUT2D eigenvalue weighted by Gasteiger charge is -2.05. The molecule has 3 aromatic rings. The lowest BCUT2D eigenvalue weighted by Crippen LogP contribution is -2.15. The lowest BCUT2D eigenvalue weighted by molar-refractivity contribution is -0.116. The van der Waals surface area contributed by atoms with Gasteiger partial charge in [-0.1, -0.05) is 35.9 Å². The lowest BCUT2D eigenvalue weighted by atomic mass is 10.1. The van der Waals surface area contributed by atoms with Gasteiger partial charge < -0.3 is 4.57 Å². The van der Waals surface area contributed by atoms with Gasteiger partial charge >= 0.3 is 0 Å². The summed E-state index contributed by atoms with van der Waals surface area (Å²) in [6.07, 6.45) is 1.08. The van der Waals surface area contributed by atoms with Gasteiger partial charge in [-0.3, -0.25) is 10.1 Å². The molecule has 0 fully saturated rings. The molecule has 2 aromatic carbocycles. The van der Waals surface area contributed by atoms with Crippen LogP contribution in [0.2, 0.25) is 5.02 Å². The predicted molar refractivity (Wildman–Crippen MR) is 89.1 cm³/mol. The van der Waals surface area contributed by atoms with E-state index in [1.54, 1.807) is 0 Å². The molecule has 0 saturated carbocycles. The Morgan fingerprint density at radius 1 is 1.18 bits per heavy atom. The zero-order valence-electron chi connectivity index (χ0n) is 12.2. The van der Waals surface area contributed by atoms with Crippen molar-refractivity contribution in [2.45, 2.75) is 12.8 Å². The number of aryl methyl sites for hydroxylation is 2. The van der Waals surface area contributed by atoms with Crippen molar-refractivity contribution in [2.75, 3.05) is 5.32 Å². The minimum atomic E-state index is -0.0478. The highest BCUT2D eigenvalue weighted by molar-refractivity contribution is 6.30. The topological polar surface area (TPSA) is 46.9 Å². The molecule has 112 valence electrons. The quantitative estimate of drug-likeness (QED) is 0.796. The Balaban J connectivity index is 1.65. The Hall–Kier alpha value is -2.33. The van der Waals surface area contributed by atoms with Crippen LogP contribution in [0.1, 0.15) is 12.0 Å². The van der Waals surface area contributed by atoms with E-state index in [0.29, 0.717) is 23.8 Å². The molecule has 0 unspecified atom stereocenters. The van der Waals surface area contributed by atoms with Gasteiger partial charge in [0, 0.05) is 18.5 Å². The number of rotatable bonds is 4. The monoisotopic (exact) mass is 313 g/mol. The van der Waals surface area contributed by atoms with Crippen LogP contribution >= 0.6 is 11.6 Å². The molecule has 0 radical (unpaired) electrons. The first-order valence-corrected chi connectivity index (χ1v) is 7.47. The van der Waals surface area contributed by atoms with Crippen LogP contribution in [0.4, 0.5) is 5.95 Å². The second-order valence-electron chi connectivity index (χ2n) is 5.16. The number of amides is 1. The first-order chi connectivity index (χ1) is 10.6. The Bertz CT molecular complexity index is 808. The molecule has 0 spiro atoms. The fraction of sp³-hybridized carbons (Fsp3) is 0.176. The highest BCUT2D eigenvalue weighted by atomic mass is 35.5. The van der Waals surface area contributed by atoms with Gasteiger partial charge in [0.2, 0.25) is 11.9 Å². The van der Waals surface area contributed by atoms with Gasteiger partial charge in [0.1, 0.15) is 0 Å². The molecule has 1 heterocycles. The smallest absolute Gasteiger partial charge is 0.227 e. The molecule has 0 saturated heterocycles. The van der Waals surface area contributed by atoms with Crippen LogP contribution in [-0.2, 0) is 18.3 Å². The Morgan fingerprint density at radius 3 is 2.64 bits per heavy atom. The number of hydrogen-bond donors (Lipinski definition) is 1. The van der Waals surface area contributed by atoms with E-state index in [-0.39, 0.29) is 5.91 Å². The van der Waals surface area contributed by atoms with E-state index >= 15 is 0 Å². The summed E-state index contributed by atoms with van der Waals surface area (Å²) in [4.78, 5) is 16.5. The third kappa shape index (κ3) is 3.12. The Labute approximate surface area is 133 Å². The highest BCUT2D eigenvalue weighted by Gasteiger charge is 2.10. The summed E-state index contributed by atoms with van der Waals surface area (Å²) in [7, 11) is 1.89. The van der Waals surface area contributed by atoms with Crippen LogP contribution in [0.3, 0.4) is 0 Å². The molecule has 3 rings (SSSR count). The molecule has 1 N–H and O–H groups in total. The number of nitrogens with zero attached hydrogens (tertiary/aromatic N) is 2. The molecular weight excluding hydrogens is 298 g/mol. The second-order valence-corrected chi connectivity index (χ2v) is 5.59. The largest absolute Gasteiger partial charge is 0.313 e. The summed E-state index contributed by atoms with van der Waals surface area (Å²) >= 11 is 5.85. The zero-order valence-corrected chi connectivity index (χ0v) is 13.0. The SMILES string of the molecule is Cn1c(NC(=O)CCc2ccc(Cl)cc2)nc2ccccc21. The number of nitrogens with one attached hydrogen (secondary N) is 1. The number of fused-ring (bicyclic) bond motifs is 1. The minimum absolute atomic E-state index is 0.0478. The molecule has 0 aliphatic carbocycles. The molecule has 22 heavy (non-hydrogen) atoms. The minimum Gasteiger partial charge on any atom is -0.313 e. The van der Waals surface area contributed by atoms with E-state index in [1.165, 1.54) is 0 Å². The zero-order chi connectivity index (χ0) is 15.5. The van der Waals surface area contributed by atoms with Crippen LogP contribution in [0.25, 0.3) is 11.0 Å². The van der Waals surface area contributed by atoms with E-state index in [1.807, 2.05) is 60.1 Å². The van der Waals surface area contributed by atoms with Crippen LogP contribution in [0.5, 0.6) is 0 Å². The van der Waals surface area contributed by atoms with Gasteiger partial charge in [-0.05, 0) is 36.2 Å². The maximum absolute atomic E-state index is 12.1. The fourth-order valence-electron chi connectivity index (χ4n) is 2.35. The van der Waals surface area contributed by atoms with Crippen molar-refractivity contribution in [1.82, 2.24) is 9.55 Å². The van der Waals surface area contributed by atoms with Gasteiger partial charge in [0.25, 0.3) is 0 Å². The Morgan fingerprint density at radius 2 is 1.91 bits per heavy atom. The molecule has 0 aliphatic rings. The van der Waals surface area contributed by atoms with Crippen molar-refractivity contribution in [1.29, 1.82) is 0 Å². The number of carbonyl (C=O) groups is 1. The van der Waals surface area contributed by atoms with E-state index in [0.717, 1.165) is 16.6 Å². The third-order valence-corrected chi connectivity index (χ3v) is 3.84. The summed E-state index contributed by atoms with van der Waals surface area (Å²) < 4.78 is 1.88. The van der Waals surface area contributed by atoms with Gasteiger partial charge in [-0.15, -0.1) is 0 Å². The maximum atomic E-state index is 12.1. The van der Waals surface area contributed by atoms with Crippen molar-refractivity contribution >= 4 is 34.5 Å². The third-order valence-electron chi connectivity index (χ3n) is 3.59. The van der Waals surface area contributed by atoms with E-state index < -0.39 is 0 Å². The van der Waals surface area contributed by atoms with Gasteiger partial charge in [-0.25, -0.2) is 4.98 Å². The van der Waals surface area contributed by atoms with Crippen molar-refractivity contribution in [3.63, 3.8) is 0 Å². The predicted octanol–water partition coefficient (Wildman–Crippen LogP) is 3.80. The first kappa shape index (κ1) is 14.6. The van der Waals surface area contributed by atoms with Crippen molar-refractivity contribution < 1.29 is 4.79 Å². The Kier molecular flexibility index (Phi) is 4.11. The second kappa shape index (κ2) is 6.20. The number of benzene rings is 2. The summed E-state index contributed by atoms with van der Waals surface area (Å²) in [5, 5.41) is 3.57. The first-order valence-electron chi connectivity index (χ1n) is 7.09. The van der Waals surface area contributed by atoms with Gasteiger partial charge in [0.15, 0.2) is 0 Å². The molecule has 0 bridgehead atoms. The van der Waals surface area contributed by atoms with E-state index in [4.69, 9.17) is 11.6 Å². The van der Waals surface area contributed by atoms with E-state index in [2.05, 4.69) is 10.3 Å². The fourth-order valence-corrected chi connectivity index (χ4v) is 2.48. The maximum Gasteiger partial charge on any atom is 0.227 e. The van der Waals surface area contributed by atoms with Crippen molar-refractivity contribution in [2.24, 2.45) is 7.05 Å². The summed E-state index contributed by atoms with van der Waals surface area (Å²) in [6, 6.07) is 15.3. The van der Waals surface area contributed by atoms with Crippen LogP contribution < -0.4 is 5.32 Å². The van der Waals surface area contributed by atoms with Crippen LogP contribution in [-0.4, -0.2) is 15.5 Å². The van der Waals surface area contributed by atoms with Crippen molar-refractivity contribution in [3.8, 4) is 0 Å². The molecule has 1 amide bonds. The number of para-hydroxylation sites is 2. The van der Waals surface area contributed by atoms with Crippen molar-refractivity contribution in [3.05, 3.63) is 59.1 Å². The van der Waals surface area contributed by atoms with Crippen LogP contribution in [0.15, 0.2) is 48.5 Å². The molecular formula is C17H16ClN3O. The average molecular weight is 314 g/mol. The van der Waals surface area contributed by atoms with Gasteiger partial charge in [0.05, 0.1) is 11.0 Å².